The van der Waals surface area contributed by atoms with Gasteiger partial charge in [-0.05, 0) is 50.0 Å². The Balaban J connectivity index is 1.96. The molecule has 0 aliphatic carbocycles. The van der Waals surface area contributed by atoms with Crippen LogP contribution in [0.15, 0.2) is 24.3 Å². The number of benzene rings is 1. The van der Waals surface area contributed by atoms with Crippen LogP contribution in [0.25, 0.3) is 0 Å². The first kappa shape index (κ1) is 13.4. The molecule has 2 N–H and O–H groups in total. The van der Waals surface area contributed by atoms with Crippen LogP contribution in [0.3, 0.4) is 0 Å². The van der Waals surface area contributed by atoms with Crippen molar-refractivity contribution >= 4 is 9.84 Å². The second kappa shape index (κ2) is 5.71. The second-order valence-electron chi connectivity index (χ2n) is 4.74. The van der Waals surface area contributed by atoms with Crippen LogP contribution in [0.5, 0.6) is 5.75 Å². The van der Waals surface area contributed by atoms with E-state index in [1.54, 1.807) is 18.2 Å². The standard InChI is InChI=1S/C13H19NO3S/c15-12-3-1-2-11(10-12)6-9-18(16,17)13-4-7-14-8-5-13/h1-3,10,13-15H,4-9H2. The van der Waals surface area contributed by atoms with E-state index in [2.05, 4.69) is 5.32 Å². The summed E-state index contributed by atoms with van der Waals surface area (Å²) in [4.78, 5) is 0. The third kappa shape index (κ3) is 3.46. The molecule has 0 spiro atoms. The SMILES string of the molecule is O=S(=O)(CCc1cccc(O)c1)C1CCNCC1. The highest BCUT2D eigenvalue weighted by atomic mass is 32.2. The summed E-state index contributed by atoms with van der Waals surface area (Å²) < 4.78 is 24.3. The van der Waals surface area contributed by atoms with Crippen LogP contribution in [-0.4, -0.2) is 37.6 Å². The summed E-state index contributed by atoms with van der Waals surface area (Å²) in [5.41, 5.74) is 0.868. The van der Waals surface area contributed by atoms with Crippen molar-refractivity contribution in [2.75, 3.05) is 18.8 Å². The Hall–Kier alpha value is -1.07. The molecule has 0 radical (unpaired) electrons. The lowest BCUT2D eigenvalue weighted by Crippen LogP contribution is -2.37. The van der Waals surface area contributed by atoms with E-state index in [1.165, 1.54) is 0 Å². The zero-order chi connectivity index (χ0) is 13.0. The number of sulfone groups is 1. The summed E-state index contributed by atoms with van der Waals surface area (Å²) in [5, 5.41) is 12.3. The monoisotopic (exact) mass is 269 g/mol. The average molecular weight is 269 g/mol. The first-order valence-electron chi connectivity index (χ1n) is 6.28. The van der Waals surface area contributed by atoms with Gasteiger partial charge in [-0.2, -0.15) is 0 Å². The highest BCUT2D eigenvalue weighted by Gasteiger charge is 2.26. The van der Waals surface area contributed by atoms with E-state index in [0.29, 0.717) is 19.3 Å². The van der Waals surface area contributed by atoms with Crippen LogP contribution < -0.4 is 5.32 Å². The van der Waals surface area contributed by atoms with Crippen LogP contribution in [0.1, 0.15) is 18.4 Å². The summed E-state index contributed by atoms with van der Waals surface area (Å²) in [5.74, 6) is 0.355. The number of phenols is 1. The molecule has 1 aliphatic rings. The van der Waals surface area contributed by atoms with Crippen LogP contribution in [0.2, 0.25) is 0 Å². The number of hydrogen-bond donors (Lipinski definition) is 2. The summed E-state index contributed by atoms with van der Waals surface area (Å²) in [6.45, 7) is 1.58. The first-order chi connectivity index (χ1) is 8.58. The van der Waals surface area contributed by atoms with E-state index in [0.717, 1.165) is 18.7 Å². The molecule has 0 atom stereocenters. The maximum Gasteiger partial charge on any atom is 0.153 e. The Bertz CT molecular complexity index is 493. The highest BCUT2D eigenvalue weighted by Crippen LogP contribution is 2.17. The molecule has 0 saturated carbocycles. The van der Waals surface area contributed by atoms with Crippen molar-refractivity contribution in [1.29, 1.82) is 0 Å². The van der Waals surface area contributed by atoms with Gasteiger partial charge >= 0.3 is 0 Å². The van der Waals surface area contributed by atoms with E-state index < -0.39 is 9.84 Å². The van der Waals surface area contributed by atoms with Crippen LogP contribution >= 0.6 is 0 Å². The lowest BCUT2D eigenvalue weighted by molar-refractivity contribution is 0.474. The molecule has 0 amide bonds. The topological polar surface area (TPSA) is 66.4 Å². The molecule has 1 heterocycles. The van der Waals surface area contributed by atoms with Crippen molar-refractivity contribution in [2.24, 2.45) is 0 Å². The molecule has 1 aliphatic heterocycles. The predicted octanol–water partition coefficient (Wildman–Crippen LogP) is 1.10. The molecule has 5 heteroatoms. The van der Waals surface area contributed by atoms with Crippen molar-refractivity contribution in [2.45, 2.75) is 24.5 Å². The van der Waals surface area contributed by atoms with Crippen LogP contribution in [-0.2, 0) is 16.3 Å². The summed E-state index contributed by atoms with van der Waals surface area (Å²) >= 11 is 0. The number of rotatable bonds is 4. The number of nitrogens with one attached hydrogen (secondary N) is 1. The number of aryl methyl sites for hydroxylation is 1. The third-order valence-corrected chi connectivity index (χ3v) is 5.64. The van der Waals surface area contributed by atoms with Crippen molar-refractivity contribution < 1.29 is 13.5 Å². The minimum absolute atomic E-state index is 0.168. The minimum atomic E-state index is -3.02. The lowest BCUT2D eigenvalue weighted by Gasteiger charge is -2.22. The maximum absolute atomic E-state index is 12.2. The molecule has 1 aromatic carbocycles. The molecular weight excluding hydrogens is 250 g/mol. The Morgan fingerprint density at radius 1 is 1.28 bits per heavy atom. The molecule has 0 bridgehead atoms. The largest absolute Gasteiger partial charge is 0.508 e. The number of aromatic hydroxyl groups is 1. The molecule has 0 aromatic heterocycles. The summed E-state index contributed by atoms with van der Waals surface area (Å²) in [6, 6.07) is 6.79. The Labute approximate surface area is 108 Å². The fourth-order valence-electron chi connectivity index (χ4n) is 2.29. The number of hydrogen-bond acceptors (Lipinski definition) is 4. The number of piperidine rings is 1. The molecule has 18 heavy (non-hydrogen) atoms. The fraction of sp³-hybridized carbons (Fsp3) is 0.538. The third-order valence-electron chi connectivity index (χ3n) is 3.38. The molecule has 2 rings (SSSR count). The van der Waals surface area contributed by atoms with Gasteiger partial charge < -0.3 is 10.4 Å². The van der Waals surface area contributed by atoms with Gasteiger partial charge in [-0.15, -0.1) is 0 Å². The molecular formula is C13H19NO3S. The maximum atomic E-state index is 12.2. The lowest BCUT2D eigenvalue weighted by atomic mass is 10.2. The predicted molar refractivity (Wildman–Crippen MR) is 71.5 cm³/mol. The molecule has 100 valence electrons. The summed E-state index contributed by atoms with van der Waals surface area (Å²) in [6.07, 6.45) is 1.89. The second-order valence-corrected chi connectivity index (χ2v) is 7.14. The van der Waals surface area contributed by atoms with Crippen molar-refractivity contribution in [3.8, 4) is 5.75 Å². The van der Waals surface area contributed by atoms with E-state index in [4.69, 9.17) is 0 Å². The Kier molecular flexibility index (Phi) is 4.24. The zero-order valence-corrected chi connectivity index (χ0v) is 11.1. The molecule has 0 unspecified atom stereocenters. The van der Waals surface area contributed by atoms with Gasteiger partial charge in [0.15, 0.2) is 9.84 Å². The quantitative estimate of drug-likeness (QED) is 0.859. The van der Waals surface area contributed by atoms with E-state index in [1.807, 2.05) is 6.07 Å². The Morgan fingerprint density at radius 2 is 2.00 bits per heavy atom. The molecule has 1 fully saturated rings. The van der Waals surface area contributed by atoms with Crippen LogP contribution in [0, 0.1) is 0 Å². The smallest absolute Gasteiger partial charge is 0.153 e. The summed E-state index contributed by atoms with van der Waals surface area (Å²) in [7, 11) is -3.02. The number of phenolic OH excluding ortho intramolecular Hbond substituents is 1. The van der Waals surface area contributed by atoms with Crippen LogP contribution in [0.4, 0.5) is 0 Å². The van der Waals surface area contributed by atoms with Crippen molar-refractivity contribution in [1.82, 2.24) is 5.32 Å². The van der Waals surface area contributed by atoms with Gasteiger partial charge in [0.2, 0.25) is 0 Å². The minimum Gasteiger partial charge on any atom is -0.508 e. The average Bonchev–Trinajstić information content (AvgIpc) is 2.38. The Morgan fingerprint density at radius 3 is 2.67 bits per heavy atom. The van der Waals surface area contributed by atoms with E-state index in [-0.39, 0.29) is 16.8 Å². The van der Waals surface area contributed by atoms with Gasteiger partial charge in [0.25, 0.3) is 0 Å². The molecule has 1 saturated heterocycles. The van der Waals surface area contributed by atoms with Gasteiger partial charge in [-0.3, -0.25) is 0 Å². The van der Waals surface area contributed by atoms with E-state index >= 15 is 0 Å². The van der Waals surface area contributed by atoms with Gasteiger partial charge in [0, 0.05) is 0 Å². The van der Waals surface area contributed by atoms with Crippen molar-refractivity contribution in [3.63, 3.8) is 0 Å². The van der Waals surface area contributed by atoms with Gasteiger partial charge in [-0.25, -0.2) is 8.42 Å². The zero-order valence-electron chi connectivity index (χ0n) is 10.3. The normalized spacial score (nSPS) is 17.8. The highest BCUT2D eigenvalue weighted by molar-refractivity contribution is 7.92. The fourth-order valence-corrected chi connectivity index (χ4v) is 4.10. The van der Waals surface area contributed by atoms with E-state index in [9.17, 15) is 13.5 Å². The van der Waals surface area contributed by atoms with Gasteiger partial charge in [0.1, 0.15) is 5.75 Å². The van der Waals surface area contributed by atoms with Gasteiger partial charge in [0.05, 0.1) is 11.0 Å². The molecule has 4 nitrogen and oxygen atoms in total. The molecule has 1 aromatic rings. The van der Waals surface area contributed by atoms with Crippen molar-refractivity contribution in [3.05, 3.63) is 29.8 Å². The first-order valence-corrected chi connectivity index (χ1v) is 8.00. The van der Waals surface area contributed by atoms with Gasteiger partial charge in [-0.1, -0.05) is 12.1 Å².